The first-order valence-corrected chi connectivity index (χ1v) is 9.65. The van der Waals surface area contributed by atoms with Gasteiger partial charge in [-0.1, -0.05) is 24.3 Å². The second kappa shape index (κ2) is 6.60. The Labute approximate surface area is 172 Å². The zero-order valence-electron chi connectivity index (χ0n) is 16.8. The minimum atomic E-state index is -2.71. The number of aliphatic hydroxyl groups excluding tert-OH is 3. The van der Waals surface area contributed by atoms with Crippen molar-refractivity contribution in [1.29, 1.82) is 0 Å². The Morgan fingerprint density at radius 1 is 1.17 bits per heavy atom. The maximum atomic E-state index is 13.2. The molecule has 5 atom stereocenters. The minimum absolute atomic E-state index is 0.216. The largest absolute Gasteiger partial charge is 0.510 e. The van der Waals surface area contributed by atoms with E-state index in [0.717, 1.165) is 6.92 Å². The van der Waals surface area contributed by atoms with Crippen LogP contribution < -0.4 is 0 Å². The number of rotatable bonds is 2. The SMILES string of the molecule is CC(=O)C1=C(O)[C@@H](N(C)C)[C@@H]2[C@@H](O)[C@@H]3Cc4ccccc4C(=O)C3=C(O)[C@]2(O)C1=O. The maximum Gasteiger partial charge on any atom is 0.209 e. The van der Waals surface area contributed by atoms with Crippen molar-refractivity contribution in [2.75, 3.05) is 14.1 Å². The molecule has 1 aromatic carbocycles. The standard InChI is InChI=1S/C22H23NO7/c1-9(24)13-19(27)16(23(2)3)15-18(26)12-8-10-6-4-5-7-11(10)17(25)14(12)21(29)22(15,30)20(13)28/h4-7,12,15-16,18,26-27,29-30H,8H2,1-3H3/t12-,15-,16+,18+,22-/m1/s1. The van der Waals surface area contributed by atoms with Crippen molar-refractivity contribution in [1.82, 2.24) is 4.90 Å². The van der Waals surface area contributed by atoms with E-state index in [0.29, 0.717) is 11.1 Å². The van der Waals surface area contributed by atoms with Crippen molar-refractivity contribution in [3.05, 3.63) is 58.1 Å². The lowest BCUT2D eigenvalue weighted by molar-refractivity contribution is -0.161. The smallest absolute Gasteiger partial charge is 0.209 e. The molecule has 30 heavy (non-hydrogen) atoms. The van der Waals surface area contributed by atoms with Crippen LogP contribution in [0.15, 0.2) is 46.9 Å². The molecule has 0 heterocycles. The van der Waals surface area contributed by atoms with E-state index in [9.17, 15) is 34.8 Å². The monoisotopic (exact) mass is 413 g/mol. The number of aliphatic hydroxyl groups is 4. The molecular weight excluding hydrogens is 390 g/mol. The molecule has 0 saturated heterocycles. The van der Waals surface area contributed by atoms with Crippen LogP contribution in [0.3, 0.4) is 0 Å². The van der Waals surface area contributed by atoms with Gasteiger partial charge in [0.2, 0.25) is 5.78 Å². The van der Waals surface area contributed by atoms with E-state index < -0.39 is 64.0 Å². The maximum absolute atomic E-state index is 13.2. The molecule has 0 radical (unpaired) electrons. The molecule has 4 rings (SSSR count). The second-order valence-corrected chi connectivity index (χ2v) is 8.40. The number of nitrogens with zero attached hydrogens (tertiary/aromatic N) is 1. The fourth-order valence-electron chi connectivity index (χ4n) is 5.21. The Hall–Kier alpha value is -2.81. The quantitative estimate of drug-likeness (QED) is 0.515. The number of carbonyl (C=O) groups is 3. The molecule has 0 saturated carbocycles. The number of Topliss-reactive ketones (excluding diaryl/α,β-unsaturated/α-hetero) is 3. The van der Waals surface area contributed by atoms with Gasteiger partial charge in [-0.25, -0.2) is 0 Å². The summed E-state index contributed by atoms with van der Waals surface area (Å²) >= 11 is 0. The third-order valence-corrected chi connectivity index (χ3v) is 6.55. The number of carbonyl (C=O) groups excluding carboxylic acids is 3. The highest BCUT2D eigenvalue weighted by Crippen LogP contribution is 2.51. The average molecular weight is 413 g/mol. The van der Waals surface area contributed by atoms with Crippen LogP contribution in [0.4, 0.5) is 0 Å². The van der Waals surface area contributed by atoms with Crippen molar-refractivity contribution < 1.29 is 34.8 Å². The molecular formula is C22H23NO7. The summed E-state index contributed by atoms with van der Waals surface area (Å²) in [7, 11) is 3.11. The molecule has 0 unspecified atom stereocenters. The summed E-state index contributed by atoms with van der Waals surface area (Å²) in [6.45, 7) is 1.06. The summed E-state index contributed by atoms with van der Waals surface area (Å²) in [4.78, 5) is 39.9. The highest BCUT2D eigenvalue weighted by Gasteiger charge is 2.66. The fourth-order valence-corrected chi connectivity index (χ4v) is 5.21. The van der Waals surface area contributed by atoms with Crippen molar-refractivity contribution in [3.8, 4) is 0 Å². The molecule has 3 aliphatic carbocycles. The lowest BCUT2D eigenvalue weighted by Crippen LogP contribution is -2.68. The molecule has 0 aromatic heterocycles. The first-order valence-electron chi connectivity index (χ1n) is 9.65. The van der Waals surface area contributed by atoms with Gasteiger partial charge in [0.15, 0.2) is 17.2 Å². The summed E-state index contributed by atoms with van der Waals surface area (Å²) in [6, 6.07) is 5.61. The number of fused-ring (bicyclic) bond motifs is 3. The molecule has 8 heteroatoms. The van der Waals surface area contributed by atoms with Crippen LogP contribution >= 0.6 is 0 Å². The molecule has 0 bridgehead atoms. The van der Waals surface area contributed by atoms with Gasteiger partial charge >= 0.3 is 0 Å². The van der Waals surface area contributed by atoms with E-state index in [1.807, 2.05) is 0 Å². The third-order valence-electron chi connectivity index (χ3n) is 6.55. The van der Waals surface area contributed by atoms with Crippen molar-refractivity contribution in [2.45, 2.75) is 31.1 Å². The number of hydrogen-bond acceptors (Lipinski definition) is 8. The van der Waals surface area contributed by atoms with Gasteiger partial charge in [-0.05, 0) is 33.0 Å². The van der Waals surface area contributed by atoms with Gasteiger partial charge in [0, 0.05) is 17.1 Å². The van der Waals surface area contributed by atoms with Gasteiger partial charge in [0.05, 0.1) is 18.1 Å². The Balaban J connectivity index is 2.01. The lowest BCUT2D eigenvalue weighted by atomic mass is 9.57. The highest BCUT2D eigenvalue weighted by molar-refractivity contribution is 6.25. The van der Waals surface area contributed by atoms with Gasteiger partial charge in [0.1, 0.15) is 17.1 Å². The van der Waals surface area contributed by atoms with Gasteiger partial charge in [-0.2, -0.15) is 0 Å². The van der Waals surface area contributed by atoms with E-state index in [2.05, 4.69) is 0 Å². The second-order valence-electron chi connectivity index (χ2n) is 8.40. The van der Waals surface area contributed by atoms with Crippen molar-refractivity contribution in [3.63, 3.8) is 0 Å². The molecule has 8 nitrogen and oxygen atoms in total. The van der Waals surface area contributed by atoms with Crippen LogP contribution in [0.5, 0.6) is 0 Å². The molecule has 3 aliphatic rings. The van der Waals surface area contributed by atoms with Gasteiger partial charge in [-0.3, -0.25) is 19.3 Å². The molecule has 0 aliphatic heterocycles. The first-order chi connectivity index (χ1) is 14.0. The number of benzene rings is 1. The molecule has 4 N–H and O–H groups in total. The summed E-state index contributed by atoms with van der Waals surface area (Å²) < 4.78 is 0. The van der Waals surface area contributed by atoms with Crippen LogP contribution in [-0.2, 0) is 16.0 Å². The van der Waals surface area contributed by atoms with Crippen LogP contribution in [0.2, 0.25) is 0 Å². The number of ketones is 3. The van der Waals surface area contributed by atoms with Crippen molar-refractivity contribution >= 4 is 17.3 Å². The van der Waals surface area contributed by atoms with Gasteiger partial charge in [0.25, 0.3) is 0 Å². The van der Waals surface area contributed by atoms with Crippen LogP contribution in [-0.4, -0.2) is 74.5 Å². The van der Waals surface area contributed by atoms with E-state index in [4.69, 9.17) is 0 Å². The number of likely N-dealkylation sites (N-methyl/N-ethyl adjacent to an activating group) is 1. The Morgan fingerprint density at radius 2 is 1.80 bits per heavy atom. The average Bonchev–Trinajstić information content (AvgIpc) is 2.68. The predicted octanol–water partition coefficient (Wildman–Crippen LogP) is 0.489. The van der Waals surface area contributed by atoms with Crippen molar-refractivity contribution in [2.24, 2.45) is 11.8 Å². The minimum Gasteiger partial charge on any atom is -0.510 e. The molecule has 1 aromatic rings. The fraction of sp³-hybridized carbons (Fsp3) is 0.409. The summed E-state index contributed by atoms with van der Waals surface area (Å²) in [5, 5.41) is 44.5. The third kappa shape index (κ3) is 2.41. The number of hydrogen-bond donors (Lipinski definition) is 4. The summed E-state index contributed by atoms with van der Waals surface area (Å²) in [5.41, 5.74) is -2.58. The zero-order valence-corrected chi connectivity index (χ0v) is 16.8. The molecule has 158 valence electrons. The van der Waals surface area contributed by atoms with E-state index >= 15 is 0 Å². The Morgan fingerprint density at radius 3 is 2.40 bits per heavy atom. The highest BCUT2D eigenvalue weighted by atomic mass is 16.4. The van der Waals surface area contributed by atoms with Crippen LogP contribution in [0, 0.1) is 11.8 Å². The van der Waals surface area contributed by atoms with Gasteiger partial charge in [-0.15, -0.1) is 0 Å². The topological polar surface area (TPSA) is 135 Å². The van der Waals surface area contributed by atoms with Crippen LogP contribution in [0.25, 0.3) is 0 Å². The predicted molar refractivity (Wildman–Crippen MR) is 105 cm³/mol. The zero-order chi connectivity index (χ0) is 22.1. The molecule has 0 spiro atoms. The summed E-state index contributed by atoms with van der Waals surface area (Å²) in [6.07, 6.45) is -1.22. The van der Waals surface area contributed by atoms with E-state index in [1.165, 1.54) is 4.90 Å². The Kier molecular flexibility index (Phi) is 4.50. The summed E-state index contributed by atoms with van der Waals surface area (Å²) in [5.74, 6) is -6.26. The lowest BCUT2D eigenvalue weighted by Gasteiger charge is -2.52. The normalized spacial score (nSPS) is 33.4. The molecule has 0 fully saturated rings. The van der Waals surface area contributed by atoms with Crippen LogP contribution in [0.1, 0.15) is 22.8 Å². The first kappa shape index (κ1) is 20.5. The molecule has 0 amide bonds. The Bertz CT molecular complexity index is 1050. The van der Waals surface area contributed by atoms with Gasteiger partial charge < -0.3 is 20.4 Å². The van der Waals surface area contributed by atoms with E-state index in [1.54, 1.807) is 38.4 Å². The van der Waals surface area contributed by atoms with E-state index in [-0.39, 0.29) is 12.0 Å².